The van der Waals surface area contributed by atoms with Crippen molar-refractivity contribution >= 4 is 27.9 Å². The molecule has 0 saturated heterocycles. The zero-order chi connectivity index (χ0) is 16.7. The van der Waals surface area contributed by atoms with E-state index in [1.807, 2.05) is 24.3 Å². The standard InChI is InChI=1S/C17H14BrN3O2.CH4/c18-16-8-4-7-14(20-16)9-13(10-19)17(23)21-15(11-22)12-5-2-1-3-6-12;/h1-9,15,22H,11H2,(H,21,23);1H4/b13-9+;/t15-;/m0./s1. The van der Waals surface area contributed by atoms with Crippen LogP contribution in [-0.4, -0.2) is 22.6 Å². The Morgan fingerprint density at radius 1 is 1.29 bits per heavy atom. The maximum Gasteiger partial charge on any atom is 0.262 e. The molecule has 0 aliphatic carbocycles. The first kappa shape index (κ1) is 19.6. The molecule has 2 N–H and O–H groups in total. The van der Waals surface area contributed by atoms with E-state index in [1.165, 1.54) is 6.08 Å². The number of nitrogens with one attached hydrogen (secondary N) is 1. The summed E-state index contributed by atoms with van der Waals surface area (Å²) in [6, 6.07) is 15.6. The molecule has 24 heavy (non-hydrogen) atoms. The van der Waals surface area contributed by atoms with E-state index >= 15 is 0 Å². The van der Waals surface area contributed by atoms with Crippen molar-refractivity contribution in [1.29, 1.82) is 5.26 Å². The molecule has 124 valence electrons. The molecule has 0 fully saturated rings. The fourth-order valence-electron chi connectivity index (χ4n) is 1.96. The van der Waals surface area contributed by atoms with Crippen LogP contribution in [0.3, 0.4) is 0 Å². The summed E-state index contributed by atoms with van der Waals surface area (Å²) in [6.45, 7) is -0.260. The van der Waals surface area contributed by atoms with Gasteiger partial charge < -0.3 is 10.4 Å². The third-order valence-corrected chi connectivity index (χ3v) is 3.53. The summed E-state index contributed by atoms with van der Waals surface area (Å²) in [6.07, 6.45) is 1.40. The molecule has 0 spiro atoms. The first-order chi connectivity index (χ1) is 11.1. The van der Waals surface area contributed by atoms with Crippen molar-refractivity contribution in [3.8, 4) is 6.07 Å². The Kier molecular flexibility index (Phi) is 7.83. The number of carbonyl (C=O) groups is 1. The second-order valence-electron chi connectivity index (χ2n) is 4.67. The monoisotopic (exact) mass is 387 g/mol. The van der Waals surface area contributed by atoms with Crippen LogP contribution >= 0.6 is 15.9 Å². The van der Waals surface area contributed by atoms with Crippen LogP contribution in [0.5, 0.6) is 0 Å². The van der Waals surface area contributed by atoms with Crippen LogP contribution < -0.4 is 5.32 Å². The van der Waals surface area contributed by atoms with Crippen LogP contribution in [0.25, 0.3) is 6.08 Å². The lowest BCUT2D eigenvalue weighted by atomic mass is 10.1. The third-order valence-electron chi connectivity index (χ3n) is 3.08. The molecule has 0 aliphatic rings. The van der Waals surface area contributed by atoms with Gasteiger partial charge >= 0.3 is 0 Å². The Bertz CT molecular complexity index is 754. The maximum absolute atomic E-state index is 12.3. The highest BCUT2D eigenvalue weighted by Crippen LogP contribution is 2.14. The number of hydrogen-bond acceptors (Lipinski definition) is 4. The number of aliphatic hydroxyl groups excluding tert-OH is 1. The molecule has 0 aliphatic heterocycles. The van der Waals surface area contributed by atoms with Crippen molar-refractivity contribution in [2.24, 2.45) is 0 Å². The third kappa shape index (κ3) is 5.30. The summed E-state index contributed by atoms with van der Waals surface area (Å²) in [7, 11) is 0. The predicted octanol–water partition coefficient (Wildman–Crippen LogP) is 3.24. The van der Waals surface area contributed by atoms with Crippen molar-refractivity contribution < 1.29 is 9.90 Å². The van der Waals surface area contributed by atoms with Crippen molar-refractivity contribution in [3.05, 3.63) is 70.0 Å². The second-order valence-corrected chi connectivity index (χ2v) is 5.49. The smallest absolute Gasteiger partial charge is 0.262 e. The number of halogens is 1. The van der Waals surface area contributed by atoms with Gasteiger partial charge in [0.25, 0.3) is 5.91 Å². The first-order valence-electron chi connectivity index (χ1n) is 6.85. The zero-order valence-electron chi connectivity index (χ0n) is 12.1. The molecule has 1 aromatic carbocycles. The normalized spacial score (nSPS) is 11.8. The van der Waals surface area contributed by atoms with E-state index in [0.717, 1.165) is 5.56 Å². The molecule has 1 heterocycles. The van der Waals surface area contributed by atoms with Crippen LogP contribution in [-0.2, 0) is 4.79 Å². The van der Waals surface area contributed by atoms with E-state index in [0.29, 0.717) is 10.3 Å². The Balaban J connectivity index is 0.00000288. The molecule has 0 unspecified atom stereocenters. The second kappa shape index (κ2) is 9.60. The van der Waals surface area contributed by atoms with E-state index in [-0.39, 0.29) is 19.6 Å². The summed E-state index contributed by atoms with van der Waals surface area (Å²) >= 11 is 3.24. The molecule has 2 rings (SSSR count). The number of hydrogen-bond donors (Lipinski definition) is 2. The molecule has 0 saturated carbocycles. The SMILES string of the molecule is C.N#C/C(=C\c1cccc(Br)n1)C(=O)N[C@@H](CO)c1ccccc1. The number of carbonyl (C=O) groups excluding carboxylic acids is 1. The van der Waals surface area contributed by atoms with E-state index in [9.17, 15) is 15.2 Å². The summed E-state index contributed by atoms with van der Waals surface area (Å²) in [5.74, 6) is -0.558. The van der Waals surface area contributed by atoms with Crippen molar-refractivity contribution in [3.63, 3.8) is 0 Å². The number of nitrogens with zero attached hydrogens (tertiary/aromatic N) is 2. The molecule has 1 aromatic heterocycles. The first-order valence-corrected chi connectivity index (χ1v) is 7.64. The van der Waals surface area contributed by atoms with Gasteiger partial charge in [-0.25, -0.2) is 4.98 Å². The summed E-state index contributed by atoms with van der Waals surface area (Å²) in [4.78, 5) is 16.4. The van der Waals surface area contributed by atoms with Gasteiger partial charge in [0.15, 0.2) is 0 Å². The predicted molar refractivity (Wildman–Crippen MR) is 96.7 cm³/mol. The number of rotatable bonds is 5. The van der Waals surface area contributed by atoms with Gasteiger partial charge in [-0.1, -0.05) is 43.8 Å². The van der Waals surface area contributed by atoms with Crippen LogP contribution in [0.4, 0.5) is 0 Å². The molecule has 1 atom stereocenters. The molecular weight excluding hydrogens is 370 g/mol. The maximum atomic E-state index is 12.3. The summed E-state index contributed by atoms with van der Waals surface area (Å²) < 4.78 is 0.612. The minimum Gasteiger partial charge on any atom is -0.394 e. The molecule has 5 nitrogen and oxygen atoms in total. The summed E-state index contributed by atoms with van der Waals surface area (Å²) in [5.41, 5.74) is 1.18. The molecule has 2 aromatic rings. The molecular formula is C18H18BrN3O2. The largest absolute Gasteiger partial charge is 0.394 e. The Morgan fingerprint density at radius 2 is 2.00 bits per heavy atom. The van der Waals surface area contributed by atoms with Gasteiger partial charge in [-0.3, -0.25) is 4.79 Å². The highest BCUT2D eigenvalue weighted by atomic mass is 79.9. The Hall–Kier alpha value is -2.49. The van der Waals surface area contributed by atoms with Crippen LogP contribution in [0.2, 0.25) is 0 Å². The zero-order valence-corrected chi connectivity index (χ0v) is 13.7. The van der Waals surface area contributed by atoms with E-state index in [1.54, 1.807) is 30.3 Å². The van der Waals surface area contributed by atoms with Gasteiger partial charge in [-0.2, -0.15) is 5.26 Å². The number of benzene rings is 1. The lowest BCUT2D eigenvalue weighted by Crippen LogP contribution is -2.31. The molecule has 1 amide bonds. The molecule has 0 bridgehead atoms. The Morgan fingerprint density at radius 3 is 2.58 bits per heavy atom. The van der Waals surface area contributed by atoms with E-state index in [2.05, 4.69) is 26.2 Å². The lowest BCUT2D eigenvalue weighted by molar-refractivity contribution is -0.118. The number of aromatic nitrogens is 1. The highest BCUT2D eigenvalue weighted by Gasteiger charge is 2.16. The minimum atomic E-state index is -0.573. The lowest BCUT2D eigenvalue weighted by Gasteiger charge is -2.16. The van der Waals surface area contributed by atoms with Crippen molar-refractivity contribution in [2.45, 2.75) is 13.5 Å². The minimum absolute atomic E-state index is 0. The number of aliphatic hydroxyl groups is 1. The van der Waals surface area contributed by atoms with Gasteiger partial charge in [-0.15, -0.1) is 0 Å². The van der Waals surface area contributed by atoms with Gasteiger partial charge in [0, 0.05) is 0 Å². The average molecular weight is 388 g/mol. The van der Waals surface area contributed by atoms with Crippen molar-refractivity contribution in [1.82, 2.24) is 10.3 Å². The van der Waals surface area contributed by atoms with E-state index in [4.69, 9.17) is 0 Å². The fraction of sp³-hybridized carbons (Fsp3) is 0.167. The van der Waals surface area contributed by atoms with E-state index < -0.39 is 11.9 Å². The summed E-state index contributed by atoms with van der Waals surface area (Å²) in [5, 5.41) is 21.3. The topological polar surface area (TPSA) is 86.0 Å². The van der Waals surface area contributed by atoms with Gasteiger partial charge in [0.2, 0.25) is 0 Å². The number of pyridine rings is 1. The quantitative estimate of drug-likeness (QED) is 0.468. The van der Waals surface area contributed by atoms with Crippen LogP contribution in [0, 0.1) is 11.3 Å². The molecule has 0 radical (unpaired) electrons. The highest BCUT2D eigenvalue weighted by molar-refractivity contribution is 9.10. The van der Waals surface area contributed by atoms with Crippen molar-refractivity contribution in [2.75, 3.05) is 6.61 Å². The van der Waals surface area contributed by atoms with Crippen LogP contribution in [0.15, 0.2) is 58.7 Å². The number of amides is 1. The molecule has 6 heteroatoms. The Labute approximate surface area is 149 Å². The van der Waals surface area contributed by atoms with Crippen LogP contribution in [0.1, 0.15) is 24.7 Å². The fourth-order valence-corrected chi connectivity index (χ4v) is 2.31. The van der Waals surface area contributed by atoms with Gasteiger partial charge in [0.1, 0.15) is 16.2 Å². The van der Waals surface area contributed by atoms with Gasteiger partial charge in [-0.05, 0) is 39.7 Å². The average Bonchev–Trinajstić information content (AvgIpc) is 2.58. The number of nitriles is 1. The van der Waals surface area contributed by atoms with Gasteiger partial charge in [0.05, 0.1) is 18.3 Å².